The highest BCUT2D eigenvalue weighted by Gasteiger charge is 2.41. The molecular weight excluding hydrogens is 221 g/mol. The molecule has 6 heteroatoms. The van der Waals surface area contributed by atoms with E-state index in [-0.39, 0.29) is 12.1 Å². The predicted molar refractivity (Wildman–Crippen MR) is 55.1 cm³/mol. The number of alkyl halides is 3. The van der Waals surface area contributed by atoms with E-state index in [2.05, 4.69) is 18.6 Å². The lowest BCUT2D eigenvalue weighted by molar-refractivity contribution is -0.175. The third kappa shape index (κ3) is 3.92. The van der Waals surface area contributed by atoms with Crippen LogP contribution in [0.5, 0.6) is 0 Å². The summed E-state index contributed by atoms with van der Waals surface area (Å²) >= 11 is 0. The minimum Gasteiger partial charge on any atom is -0.371 e. The van der Waals surface area contributed by atoms with Gasteiger partial charge in [-0.15, -0.1) is 0 Å². The first kappa shape index (κ1) is 13.7. The zero-order valence-corrected chi connectivity index (χ0v) is 9.68. The molecule has 1 saturated heterocycles. The Labute approximate surface area is 93.7 Å². The maximum Gasteiger partial charge on any atom is 0.411 e. The molecule has 0 saturated carbocycles. The van der Waals surface area contributed by atoms with Gasteiger partial charge in [-0.3, -0.25) is 4.90 Å². The molecule has 0 unspecified atom stereocenters. The molecular formula is C10H19F3N2O. The van der Waals surface area contributed by atoms with E-state index in [1.54, 1.807) is 0 Å². The van der Waals surface area contributed by atoms with Crippen molar-refractivity contribution in [3.63, 3.8) is 0 Å². The third-order valence-electron chi connectivity index (χ3n) is 3.00. The second-order valence-corrected chi connectivity index (χ2v) is 4.77. The fraction of sp³-hybridized carbons (Fsp3) is 1.00. The van der Waals surface area contributed by atoms with Crippen molar-refractivity contribution in [1.82, 2.24) is 4.90 Å². The van der Waals surface area contributed by atoms with Crippen LogP contribution in [0, 0.1) is 5.92 Å². The molecule has 0 aromatic rings. The van der Waals surface area contributed by atoms with E-state index in [4.69, 9.17) is 5.73 Å². The molecule has 0 radical (unpaired) electrons. The number of hydrogen-bond acceptors (Lipinski definition) is 3. The Morgan fingerprint density at radius 2 is 1.94 bits per heavy atom. The second kappa shape index (κ2) is 4.89. The largest absolute Gasteiger partial charge is 0.411 e. The maximum atomic E-state index is 11.7. The molecule has 1 aliphatic rings. The van der Waals surface area contributed by atoms with Crippen LogP contribution >= 0.6 is 0 Å². The molecule has 0 aliphatic carbocycles. The number of likely N-dealkylation sites (tertiary alicyclic amines) is 1. The van der Waals surface area contributed by atoms with E-state index in [0.717, 1.165) is 13.1 Å². The molecule has 0 bridgehead atoms. The quantitative estimate of drug-likeness (QED) is 0.735. The normalized spacial score (nSPS) is 21.2. The van der Waals surface area contributed by atoms with Gasteiger partial charge in [-0.2, -0.15) is 13.2 Å². The number of halogens is 3. The predicted octanol–water partition coefficient (Wildman–Crippen LogP) is 1.23. The highest BCUT2D eigenvalue weighted by molar-refractivity contribution is 5.01. The van der Waals surface area contributed by atoms with E-state index in [0.29, 0.717) is 12.5 Å². The maximum absolute atomic E-state index is 11.7. The molecule has 96 valence electrons. The lowest BCUT2D eigenvalue weighted by Crippen LogP contribution is -2.70. The standard InChI is InChI=1S/C10H19F3N2O/c1-8(2)9(14)5-15(6-9)3-4-16-7-10(11,12)13/h8H,3-7,14H2,1-2H3. The molecule has 0 aromatic heterocycles. The summed E-state index contributed by atoms with van der Waals surface area (Å²) in [7, 11) is 0. The van der Waals surface area contributed by atoms with Crippen molar-refractivity contribution < 1.29 is 17.9 Å². The van der Waals surface area contributed by atoms with Gasteiger partial charge in [0.25, 0.3) is 0 Å². The Morgan fingerprint density at radius 1 is 1.38 bits per heavy atom. The molecule has 1 rings (SSSR count). The fourth-order valence-corrected chi connectivity index (χ4v) is 1.69. The van der Waals surface area contributed by atoms with E-state index in [1.165, 1.54) is 0 Å². The van der Waals surface area contributed by atoms with Gasteiger partial charge in [0.15, 0.2) is 0 Å². The number of nitrogens with two attached hydrogens (primary N) is 1. The molecule has 2 N–H and O–H groups in total. The average Bonchev–Trinajstić information content (AvgIpc) is 2.06. The van der Waals surface area contributed by atoms with Gasteiger partial charge in [0.2, 0.25) is 0 Å². The number of ether oxygens (including phenoxy) is 1. The zero-order chi connectivity index (χ0) is 12.4. The van der Waals surface area contributed by atoms with E-state index in [1.807, 2.05) is 4.90 Å². The Hall–Kier alpha value is -0.330. The van der Waals surface area contributed by atoms with Gasteiger partial charge in [0, 0.05) is 25.2 Å². The van der Waals surface area contributed by atoms with E-state index < -0.39 is 12.8 Å². The monoisotopic (exact) mass is 240 g/mol. The highest BCUT2D eigenvalue weighted by Crippen LogP contribution is 2.25. The van der Waals surface area contributed by atoms with Crippen LogP contribution in [-0.2, 0) is 4.74 Å². The van der Waals surface area contributed by atoms with Gasteiger partial charge in [-0.1, -0.05) is 13.8 Å². The molecule has 1 aliphatic heterocycles. The minimum absolute atomic E-state index is 0.105. The summed E-state index contributed by atoms with van der Waals surface area (Å²) in [5, 5.41) is 0. The van der Waals surface area contributed by atoms with Crippen molar-refractivity contribution >= 4 is 0 Å². The van der Waals surface area contributed by atoms with Crippen LogP contribution in [0.2, 0.25) is 0 Å². The highest BCUT2D eigenvalue weighted by atomic mass is 19.4. The van der Waals surface area contributed by atoms with Gasteiger partial charge in [-0.25, -0.2) is 0 Å². The molecule has 1 heterocycles. The Kier molecular flexibility index (Phi) is 4.20. The SMILES string of the molecule is CC(C)C1(N)CN(CCOCC(F)(F)F)C1. The first-order valence-corrected chi connectivity index (χ1v) is 5.39. The van der Waals surface area contributed by atoms with Crippen molar-refractivity contribution in [3.8, 4) is 0 Å². The van der Waals surface area contributed by atoms with Crippen LogP contribution in [0.3, 0.4) is 0 Å². The van der Waals surface area contributed by atoms with Crippen LogP contribution in [0.25, 0.3) is 0 Å². The second-order valence-electron chi connectivity index (χ2n) is 4.77. The molecule has 0 amide bonds. The minimum atomic E-state index is -4.23. The van der Waals surface area contributed by atoms with Gasteiger partial charge in [0.05, 0.1) is 6.61 Å². The van der Waals surface area contributed by atoms with Crippen molar-refractivity contribution in [2.24, 2.45) is 11.7 Å². The number of hydrogen-bond donors (Lipinski definition) is 1. The van der Waals surface area contributed by atoms with Crippen LogP contribution in [0.1, 0.15) is 13.8 Å². The molecule has 1 fully saturated rings. The lowest BCUT2D eigenvalue weighted by atomic mass is 9.80. The topological polar surface area (TPSA) is 38.5 Å². The molecule has 0 spiro atoms. The average molecular weight is 240 g/mol. The van der Waals surface area contributed by atoms with Crippen molar-refractivity contribution in [3.05, 3.63) is 0 Å². The van der Waals surface area contributed by atoms with Crippen LogP contribution in [-0.4, -0.2) is 49.5 Å². The zero-order valence-electron chi connectivity index (χ0n) is 9.68. The van der Waals surface area contributed by atoms with Crippen molar-refractivity contribution in [2.75, 3.05) is 32.8 Å². The van der Waals surface area contributed by atoms with Gasteiger partial charge >= 0.3 is 6.18 Å². The first-order valence-electron chi connectivity index (χ1n) is 5.39. The smallest absolute Gasteiger partial charge is 0.371 e. The van der Waals surface area contributed by atoms with Crippen LogP contribution in [0.15, 0.2) is 0 Å². The molecule has 3 nitrogen and oxygen atoms in total. The van der Waals surface area contributed by atoms with E-state index >= 15 is 0 Å². The number of rotatable bonds is 5. The molecule has 0 aromatic carbocycles. The van der Waals surface area contributed by atoms with Gasteiger partial charge < -0.3 is 10.5 Å². The summed E-state index contributed by atoms with van der Waals surface area (Å²) in [6, 6.07) is 0. The summed E-state index contributed by atoms with van der Waals surface area (Å²) in [6.45, 7) is 5.03. The Morgan fingerprint density at radius 3 is 2.38 bits per heavy atom. The van der Waals surface area contributed by atoms with Gasteiger partial charge in [-0.05, 0) is 5.92 Å². The Bertz CT molecular complexity index is 225. The van der Waals surface area contributed by atoms with Crippen molar-refractivity contribution in [2.45, 2.75) is 25.6 Å². The summed E-state index contributed by atoms with van der Waals surface area (Å²) < 4.78 is 39.8. The summed E-state index contributed by atoms with van der Waals surface area (Å²) in [4.78, 5) is 2.01. The summed E-state index contributed by atoms with van der Waals surface area (Å²) in [6.07, 6.45) is -4.23. The van der Waals surface area contributed by atoms with Gasteiger partial charge in [0.1, 0.15) is 6.61 Å². The fourth-order valence-electron chi connectivity index (χ4n) is 1.69. The summed E-state index contributed by atoms with van der Waals surface area (Å²) in [5.41, 5.74) is 5.87. The summed E-state index contributed by atoms with van der Waals surface area (Å²) in [5.74, 6) is 0.389. The van der Waals surface area contributed by atoms with Crippen molar-refractivity contribution in [1.29, 1.82) is 0 Å². The van der Waals surface area contributed by atoms with E-state index in [9.17, 15) is 13.2 Å². The molecule has 0 atom stereocenters. The first-order chi connectivity index (χ1) is 7.23. The Balaban J connectivity index is 2.06. The third-order valence-corrected chi connectivity index (χ3v) is 3.00. The lowest BCUT2D eigenvalue weighted by Gasteiger charge is -2.50. The number of nitrogens with zero attached hydrogens (tertiary/aromatic N) is 1. The van der Waals surface area contributed by atoms with Crippen LogP contribution in [0.4, 0.5) is 13.2 Å². The van der Waals surface area contributed by atoms with Crippen LogP contribution < -0.4 is 5.73 Å². The molecule has 16 heavy (non-hydrogen) atoms.